The number of aromatic nitrogens is 2. The minimum absolute atomic E-state index is 0. The van der Waals surface area contributed by atoms with Gasteiger partial charge in [-0.05, 0) is 69.7 Å². The number of nitrogens with zero attached hydrogens (tertiary/aromatic N) is 4. The summed E-state index contributed by atoms with van der Waals surface area (Å²) in [6.07, 6.45) is 6.08. The predicted octanol–water partition coefficient (Wildman–Crippen LogP) is 12.8. The third-order valence-electron chi connectivity index (χ3n) is 10.8. The molecule has 6 aromatic carbocycles. The predicted molar refractivity (Wildman–Crippen MR) is 230 cm³/mol. The number of pyridine rings is 1. The Balaban J connectivity index is 0.00000455. The van der Waals surface area contributed by atoms with E-state index < -0.39 is 0 Å². The first-order valence-corrected chi connectivity index (χ1v) is 19.1. The number of ether oxygens (including phenoxy) is 1. The Morgan fingerprint density at radius 2 is 1.30 bits per heavy atom. The summed E-state index contributed by atoms with van der Waals surface area (Å²) in [6.45, 7) is 13.4. The Bertz CT molecular complexity index is 2730. The molecule has 3 heterocycles. The van der Waals surface area contributed by atoms with E-state index in [0.717, 1.165) is 50.1 Å². The standard InChI is InChI=1S/C51H43N4O.Pt/c1-50(2,3)45-21-13-15-23-47(45)54-29-28-53(35-54)40-30-37(36-16-8-6-9-17-36)31-42(33-40)56-41-24-25-44-43-20-12-14-22-46(43)55(48(44)34-41)49-32-39(26-27-52-49)51(4,5)38-18-10-7-11-19-38;/h6-32,35H,1-5H3;/q-3;. The molecule has 8 aromatic rings. The maximum absolute atomic E-state index is 6.72. The second-order valence-corrected chi connectivity index (χ2v) is 15.9. The summed E-state index contributed by atoms with van der Waals surface area (Å²) in [5, 5.41) is 2.21. The molecular weight excluding hydrogens is 880 g/mol. The first-order valence-electron chi connectivity index (χ1n) is 19.1. The van der Waals surface area contributed by atoms with Crippen LogP contribution in [0.25, 0.3) is 38.8 Å². The molecule has 0 spiro atoms. The maximum atomic E-state index is 6.72. The van der Waals surface area contributed by atoms with Gasteiger partial charge >= 0.3 is 0 Å². The van der Waals surface area contributed by atoms with Crippen LogP contribution in [0.2, 0.25) is 0 Å². The van der Waals surface area contributed by atoms with Crippen molar-refractivity contribution in [3.8, 4) is 28.4 Å². The number of hydrogen-bond acceptors (Lipinski definition) is 4. The minimum atomic E-state index is -0.220. The quantitative estimate of drug-likeness (QED) is 0.142. The Kier molecular flexibility index (Phi) is 10.1. The van der Waals surface area contributed by atoms with Gasteiger partial charge in [-0.3, -0.25) is 0 Å². The average Bonchev–Trinajstić information content (AvgIpc) is 3.85. The van der Waals surface area contributed by atoms with Gasteiger partial charge in [0.05, 0.1) is 0 Å². The van der Waals surface area contributed by atoms with Crippen molar-refractivity contribution in [2.45, 2.75) is 45.4 Å². The van der Waals surface area contributed by atoms with Crippen LogP contribution in [0.15, 0.2) is 164 Å². The van der Waals surface area contributed by atoms with E-state index in [1.165, 1.54) is 16.7 Å². The summed E-state index contributed by atoms with van der Waals surface area (Å²) in [6, 6.07) is 57.9. The first kappa shape index (κ1) is 38.0. The molecule has 1 aliphatic rings. The number of benzene rings is 6. The van der Waals surface area contributed by atoms with Gasteiger partial charge in [0.2, 0.25) is 0 Å². The zero-order valence-electron chi connectivity index (χ0n) is 32.7. The van der Waals surface area contributed by atoms with Crippen LogP contribution in [0.5, 0.6) is 11.5 Å². The number of hydrogen-bond donors (Lipinski definition) is 0. The summed E-state index contributed by atoms with van der Waals surface area (Å²) in [5.41, 5.74) is 9.58. The van der Waals surface area contributed by atoms with E-state index in [1.807, 2.05) is 18.3 Å². The van der Waals surface area contributed by atoms with E-state index in [0.29, 0.717) is 11.5 Å². The minimum Gasteiger partial charge on any atom is -0.509 e. The van der Waals surface area contributed by atoms with Crippen molar-refractivity contribution in [2.24, 2.45) is 0 Å². The average molecular weight is 923 g/mol. The van der Waals surface area contributed by atoms with Crippen LogP contribution in [-0.4, -0.2) is 9.55 Å². The molecule has 0 fully saturated rings. The number of para-hydroxylation sites is 2. The van der Waals surface area contributed by atoms with Crippen LogP contribution in [0.4, 0.5) is 11.4 Å². The molecule has 0 atom stereocenters. The van der Waals surface area contributed by atoms with Crippen molar-refractivity contribution in [3.63, 3.8) is 0 Å². The molecule has 0 aliphatic carbocycles. The van der Waals surface area contributed by atoms with Gasteiger partial charge in [-0.15, -0.1) is 53.6 Å². The van der Waals surface area contributed by atoms with Crippen LogP contribution >= 0.6 is 0 Å². The molecule has 6 heteroatoms. The van der Waals surface area contributed by atoms with Gasteiger partial charge in [-0.25, -0.2) is 4.98 Å². The Labute approximate surface area is 350 Å². The van der Waals surface area contributed by atoms with Crippen LogP contribution in [-0.2, 0) is 31.9 Å². The van der Waals surface area contributed by atoms with E-state index in [2.05, 4.69) is 214 Å². The van der Waals surface area contributed by atoms with Gasteiger partial charge in [0.1, 0.15) is 5.82 Å². The zero-order valence-corrected chi connectivity index (χ0v) is 35.0. The fourth-order valence-electron chi connectivity index (χ4n) is 7.73. The molecule has 286 valence electrons. The Morgan fingerprint density at radius 3 is 2.09 bits per heavy atom. The molecule has 0 N–H and O–H groups in total. The largest absolute Gasteiger partial charge is 0.509 e. The van der Waals surface area contributed by atoms with Crippen molar-refractivity contribution in [2.75, 3.05) is 9.80 Å². The van der Waals surface area contributed by atoms with Gasteiger partial charge in [-0.2, -0.15) is 6.07 Å². The van der Waals surface area contributed by atoms with Crippen molar-refractivity contribution in [3.05, 3.63) is 200 Å². The van der Waals surface area contributed by atoms with Crippen LogP contribution in [0.3, 0.4) is 0 Å². The first-order chi connectivity index (χ1) is 27.1. The molecule has 0 bridgehead atoms. The molecule has 0 radical (unpaired) electrons. The van der Waals surface area contributed by atoms with Crippen LogP contribution in [0, 0.1) is 18.8 Å². The molecule has 2 aromatic heterocycles. The van der Waals surface area contributed by atoms with Gasteiger partial charge in [0.25, 0.3) is 0 Å². The van der Waals surface area contributed by atoms with E-state index >= 15 is 0 Å². The van der Waals surface area contributed by atoms with E-state index in [4.69, 9.17) is 9.72 Å². The summed E-state index contributed by atoms with van der Waals surface area (Å²) in [5.74, 6) is 2.02. The third-order valence-corrected chi connectivity index (χ3v) is 10.8. The second kappa shape index (κ2) is 15.2. The smallest absolute Gasteiger partial charge is 0.135 e. The van der Waals surface area contributed by atoms with Gasteiger partial charge in [0.15, 0.2) is 0 Å². The molecule has 0 saturated carbocycles. The maximum Gasteiger partial charge on any atom is 0.135 e. The van der Waals surface area contributed by atoms with Crippen LogP contribution in [0.1, 0.15) is 51.3 Å². The topological polar surface area (TPSA) is 33.5 Å². The number of fused-ring (bicyclic) bond motifs is 3. The summed E-state index contributed by atoms with van der Waals surface area (Å²) >= 11 is 0. The van der Waals surface area contributed by atoms with E-state index in [1.54, 1.807) is 0 Å². The van der Waals surface area contributed by atoms with Gasteiger partial charge in [0, 0.05) is 55.4 Å². The number of anilines is 2. The molecule has 5 nitrogen and oxygen atoms in total. The number of rotatable bonds is 8. The Morgan fingerprint density at radius 1 is 0.596 bits per heavy atom. The summed E-state index contributed by atoms with van der Waals surface area (Å²) in [4.78, 5) is 9.20. The molecular formula is C51H43N4OPt-3. The molecule has 0 saturated heterocycles. The molecule has 9 rings (SSSR count). The normalized spacial score (nSPS) is 13.0. The molecule has 0 unspecified atom stereocenters. The fourth-order valence-corrected chi connectivity index (χ4v) is 7.73. The molecule has 0 amide bonds. The van der Waals surface area contributed by atoms with Crippen molar-refractivity contribution in [1.82, 2.24) is 9.55 Å². The second-order valence-electron chi connectivity index (χ2n) is 15.9. The monoisotopic (exact) mass is 922 g/mol. The SMILES string of the molecule is CC(C)(C)c1ccccc1N1C=CN(c2[c-]c(Oc3[c-]c4c(cc3)c3ccccc3n4-c3cc(C(C)(C)c4ccccc4)ccn3)cc(-c3ccccc3)c2)[CH-]1.[Pt]. The van der Waals surface area contributed by atoms with Gasteiger partial charge in [-0.1, -0.05) is 137 Å². The fraction of sp³-hybridized carbons (Fsp3) is 0.137. The van der Waals surface area contributed by atoms with Crippen LogP contribution < -0.4 is 14.5 Å². The van der Waals surface area contributed by atoms with E-state index in [9.17, 15) is 0 Å². The molecule has 1 aliphatic heterocycles. The van der Waals surface area contributed by atoms with Crippen molar-refractivity contribution >= 4 is 33.2 Å². The van der Waals surface area contributed by atoms with Crippen molar-refractivity contribution < 1.29 is 25.8 Å². The summed E-state index contributed by atoms with van der Waals surface area (Å²) in [7, 11) is 0. The van der Waals surface area contributed by atoms with E-state index in [-0.39, 0.29) is 31.9 Å². The summed E-state index contributed by atoms with van der Waals surface area (Å²) < 4.78 is 8.92. The molecule has 57 heavy (non-hydrogen) atoms. The van der Waals surface area contributed by atoms with Crippen molar-refractivity contribution in [1.29, 1.82) is 0 Å². The van der Waals surface area contributed by atoms with Gasteiger partial charge < -0.3 is 19.1 Å². The third kappa shape index (κ3) is 7.29. The zero-order chi connectivity index (χ0) is 38.4. The Hall–Kier alpha value is -5.90.